The van der Waals surface area contributed by atoms with Gasteiger partial charge in [0.2, 0.25) is 0 Å². The fourth-order valence-electron chi connectivity index (χ4n) is 3.86. The smallest absolute Gasteiger partial charge is 0.258 e. The molecule has 0 amide bonds. The standard InChI is InChI=1S/C15H20N4O3S2/c20-14-9-12(16-15-19(14)6-7-23-15)10-17-2-4-18(5-3-17)13-1-8-24(21,22)11-13/h6-7,9,13H,1-5,8,10-11H2/p+2/t13-/m1/s1. The van der Waals surface area contributed by atoms with Gasteiger partial charge in [-0.25, -0.2) is 13.4 Å². The quantitative estimate of drug-likeness (QED) is 0.613. The van der Waals surface area contributed by atoms with Gasteiger partial charge in [-0.15, -0.1) is 11.3 Å². The van der Waals surface area contributed by atoms with E-state index in [2.05, 4.69) is 4.98 Å². The van der Waals surface area contributed by atoms with Crippen molar-refractivity contribution in [3.8, 4) is 0 Å². The number of aromatic nitrogens is 2. The molecule has 4 heterocycles. The molecule has 0 aromatic carbocycles. The van der Waals surface area contributed by atoms with Crippen LogP contribution >= 0.6 is 11.3 Å². The first-order valence-electron chi connectivity index (χ1n) is 8.34. The summed E-state index contributed by atoms with van der Waals surface area (Å²) in [4.78, 5) is 20.2. The molecule has 0 unspecified atom stereocenters. The maximum Gasteiger partial charge on any atom is 0.258 e. The molecule has 2 aromatic heterocycles. The molecule has 4 rings (SSSR count). The van der Waals surface area contributed by atoms with Crippen molar-refractivity contribution in [1.29, 1.82) is 0 Å². The van der Waals surface area contributed by atoms with Crippen LogP contribution < -0.4 is 15.4 Å². The second-order valence-corrected chi connectivity index (χ2v) is 9.93. The van der Waals surface area contributed by atoms with Gasteiger partial charge >= 0.3 is 0 Å². The maximum absolute atomic E-state index is 12.0. The fraction of sp³-hybridized carbons (Fsp3) is 0.600. The van der Waals surface area contributed by atoms with E-state index in [9.17, 15) is 13.2 Å². The van der Waals surface area contributed by atoms with E-state index >= 15 is 0 Å². The third kappa shape index (κ3) is 3.26. The van der Waals surface area contributed by atoms with E-state index in [1.807, 2.05) is 5.38 Å². The summed E-state index contributed by atoms with van der Waals surface area (Å²) in [5.74, 6) is 0.706. The number of hydrogen-bond donors (Lipinski definition) is 2. The van der Waals surface area contributed by atoms with Crippen molar-refractivity contribution in [3.05, 3.63) is 33.7 Å². The number of hydrogen-bond acceptors (Lipinski definition) is 5. The maximum atomic E-state index is 12.0. The first kappa shape index (κ1) is 16.2. The zero-order valence-corrected chi connectivity index (χ0v) is 15.0. The number of thiazole rings is 1. The van der Waals surface area contributed by atoms with Crippen LogP contribution in [0.25, 0.3) is 4.96 Å². The van der Waals surface area contributed by atoms with Gasteiger partial charge in [0.05, 0.1) is 5.75 Å². The molecule has 2 N–H and O–H groups in total. The highest BCUT2D eigenvalue weighted by atomic mass is 32.2. The Morgan fingerprint density at radius 1 is 1.29 bits per heavy atom. The van der Waals surface area contributed by atoms with Gasteiger partial charge in [-0.2, -0.15) is 0 Å². The highest BCUT2D eigenvalue weighted by Gasteiger charge is 2.37. The lowest BCUT2D eigenvalue weighted by atomic mass is 10.2. The van der Waals surface area contributed by atoms with Gasteiger partial charge in [0.25, 0.3) is 5.56 Å². The number of piperazine rings is 1. The molecule has 2 saturated heterocycles. The molecule has 0 aliphatic carbocycles. The third-order valence-corrected chi connectivity index (χ3v) is 7.72. The van der Waals surface area contributed by atoms with Gasteiger partial charge in [-0.3, -0.25) is 9.20 Å². The van der Waals surface area contributed by atoms with Crippen LogP contribution in [0.15, 0.2) is 22.4 Å². The van der Waals surface area contributed by atoms with Crippen LogP contribution in [-0.4, -0.2) is 61.5 Å². The van der Waals surface area contributed by atoms with Crippen LogP contribution in [0.4, 0.5) is 0 Å². The van der Waals surface area contributed by atoms with E-state index in [1.54, 1.807) is 16.7 Å². The molecule has 130 valence electrons. The molecular formula is C15H22N4O3S2+2. The average Bonchev–Trinajstić information content (AvgIpc) is 3.14. The summed E-state index contributed by atoms with van der Waals surface area (Å²) in [6.07, 6.45) is 2.56. The summed E-state index contributed by atoms with van der Waals surface area (Å²) < 4.78 is 24.9. The van der Waals surface area contributed by atoms with Gasteiger partial charge in [0.15, 0.2) is 14.8 Å². The molecule has 0 radical (unpaired) electrons. The number of quaternary nitrogens is 2. The highest BCUT2D eigenvalue weighted by molar-refractivity contribution is 7.91. The molecule has 0 bridgehead atoms. The van der Waals surface area contributed by atoms with Crippen molar-refractivity contribution in [2.75, 3.05) is 37.7 Å². The fourth-order valence-corrected chi connectivity index (χ4v) is 6.43. The van der Waals surface area contributed by atoms with E-state index in [-0.39, 0.29) is 11.6 Å². The first-order valence-corrected chi connectivity index (χ1v) is 11.0. The monoisotopic (exact) mass is 370 g/mol. The highest BCUT2D eigenvalue weighted by Crippen LogP contribution is 2.09. The summed E-state index contributed by atoms with van der Waals surface area (Å²) in [5.41, 5.74) is 0.834. The average molecular weight is 371 g/mol. The molecule has 1 atom stereocenters. The molecule has 0 saturated carbocycles. The van der Waals surface area contributed by atoms with Gasteiger partial charge < -0.3 is 9.80 Å². The molecule has 9 heteroatoms. The van der Waals surface area contributed by atoms with Crippen molar-refractivity contribution >= 4 is 26.1 Å². The van der Waals surface area contributed by atoms with E-state index in [0.29, 0.717) is 11.5 Å². The summed E-state index contributed by atoms with van der Waals surface area (Å²) in [7, 11) is -2.80. The van der Waals surface area contributed by atoms with Gasteiger partial charge in [0.1, 0.15) is 50.2 Å². The van der Waals surface area contributed by atoms with E-state index in [0.717, 1.165) is 49.8 Å². The summed E-state index contributed by atoms with van der Waals surface area (Å²) >= 11 is 1.48. The van der Waals surface area contributed by atoms with E-state index in [4.69, 9.17) is 0 Å². The number of nitrogens with one attached hydrogen (secondary N) is 2. The molecule has 2 aliphatic heterocycles. The number of sulfone groups is 1. The van der Waals surface area contributed by atoms with Gasteiger partial charge in [-0.1, -0.05) is 0 Å². The van der Waals surface area contributed by atoms with Crippen molar-refractivity contribution < 1.29 is 18.2 Å². The molecule has 24 heavy (non-hydrogen) atoms. The van der Waals surface area contributed by atoms with Crippen LogP contribution in [-0.2, 0) is 16.4 Å². The molecule has 2 aliphatic rings. The lowest BCUT2D eigenvalue weighted by molar-refractivity contribution is -1.03. The molecule has 0 spiro atoms. The Bertz CT molecular complexity index is 897. The second kappa shape index (κ2) is 6.21. The Hall–Kier alpha value is -1.29. The minimum atomic E-state index is -2.80. The molecule has 7 nitrogen and oxygen atoms in total. The Labute approximate surface area is 144 Å². The normalized spacial score (nSPS) is 29.9. The molecule has 2 fully saturated rings. The Morgan fingerprint density at radius 3 is 2.79 bits per heavy atom. The Kier molecular flexibility index (Phi) is 4.19. The van der Waals surface area contributed by atoms with E-state index < -0.39 is 9.84 Å². The van der Waals surface area contributed by atoms with Crippen molar-refractivity contribution in [3.63, 3.8) is 0 Å². The topological polar surface area (TPSA) is 77.4 Å². The van der Waals surface area contributed by atoms with Crippen molar-refractivity contribution in [2.24, 2.45) is 0 Å². The lowest BCUT2D eigenvalue weighted by Gasteiger charge is -2.32. The van der Waals surface area contributed by atoms with Crippen molar-refractivity contribution in [2.45, 2.75) is 19.0 Å². The van der Waals surface area contributed by atoms with Crippen molar-refractivity contribution in [1.82, 2.24) is 9.38 Å². The number of fused-ring (bicyclic) bond motifs is 1. The third-order valence-electron chi connectivity index (χ3n) is 5.20. The minimum Gasteiger partial charge on any atom is -0.322 e. The molecular weight excluding hydrogens is 348 g/mol. The summed E-state index contributed by atoms with van der Waals surface area (Å²) in [6, 6.07) is 1.91. The lowest BCUT2D eigenvalue weighted by Crippen LogP contribution is -3.29. The number of nitrogens with zero attached hydrogens (tertiary/aromatic N) is 2. The minimum absolute atomic E-state index is 0.0175. The summed E-state index contributed by atoms with van der Waals surface area (Å²) in [6.45, 7) is 4.75. The van der Waals surface area contributed by atoms with Gasteiger partial charge in [-0.05, 0) is 0 Å². The SMILES string of the molecule is O=c1cc(C[NH+]2CC[NH+]([C@@H]3CCS(=O)(=O)C3)CC2)nc2sccn12. The van der Waals surface area contributed by atoms with E-state index in [1.165, 1.54) is 21.1 Å². The van der Waals surface area contributed by atoms with Crippen LogP contribution in [0.5, 0.6) is 0 Å². The Morgan fingerprint density at radius 2 is 2.08 bits per heavy atom. The predicted molar refractivity (Wildman–Crippen MR) is 91.5 cm³/mol. The summed E-state index contributed by atoms with van der Waals surface area (Å²) in [5, 5.41) is 1.87. The molecule has 2 aromatic rings. The van der Waals surface area contributed by atoms with Gasteiger partial charge in [0, 0.05) is 24.1 Å². The first-order chi connectivity index (χ1) is 11.5. The second-order valence-electron chi connectivity index (χ2n) is 6.83. The van der Waals surface area contributed by atoms with Crippen LogP contribution in [0.1, 0.15) is 12.1 Å². The van der Waals surface area contributed by atoms with Crippen LogP contribution in [0.2, 0.25) is 0 Å². The zero-order chi connectivity index (χ0) is 16.7. The van der Waals surface area contributed by atoms with Crippen LogP contribution in [0, 0.1) is 0 Å². The Balaban J connectivity index is 1.38. The largest absolute Gasteiger partial charge is 0.322 e. The zero-order valence-electron chi connectivity index (χ0n) is 13.4. The number of rotatable bonds is 3. The predicted octanol–water partition coefficient (Wildman–Crippen LogP) is -2.77. The van der Waals surface area contributed by atoms with Crippen LogP contribution in [0.3, 0.4) is 0 Å².